The number of rotatable bonds is 2. The summed E-state index contributed by atoms with van der Waals surface area (Å²) in [6, 6.07) is 0.316. The summed E-state index contributed by atoms with van der Waals surface area (Å²) in [7, 11) is 1.40. The van der Waals surface area contributed by atoms with Crippen LogP contribution in [0, 0.1) is 0 Å². The summed E-state index contributed by atoms with van der Waals surface area (Å²) in [5.74, 6) is 0.0606. The average Bonchev–Trinajstić information content (AvgIpc) is 2.60. The molecule has 0 radical (unpaired) electrons. The number of fused-ring (bicyclic) bond motifs is 1. The lowest BCUT2D eigenvalue weighted by molar-refractivity contribution is -0.142. The number of carbonyl (C=O) groups excluding carboxylic acids is 2. The number of piperazine rings is 1. The summed E-state index contributed by atoms with van der Waals surface area (Å²) in [6.07, 6.45) is 1.59. The molecule has 0 aromatic carbocycles. The monoisotopic (exact) mass is 212 g/mol. The fourth-order valence-electron chi connectivity index (χ4n) is 2.32. The molecule has 1 unspecified atom stereocenters. The van der Waals surface area contributed by atoms with Crippen LogP contribution in [0.2, 0.25) is 0 Å². The van der Waals surface area contributed by atoms with Gasteiger partial charge in [-0.3, -0.25) is 14.5 Å². The van der Waals surface area contributed by atoms with E-state index in [0.717, 1.165) is 26.1 Å². The maximum atomic E-state index is 11.4. The number of methoxy groups -OCH3 is 1. The van der Waals surface area contributed by atoms with Gasteiger partial charge in [0.25, 0.3) is 0 Å². The molecule has 84 valence electrons. The normalized spacial score (nSPS) is 26.6. The molecule has 2 aliphatic heterocycles. The zero-order valence-corrected chi connectivity index (χ0v) is 8.94. The van der Waals surface area contributed by atoms with Gasteiger partial charge < -0.3 is 9.64 Å². The molecular formula is C10H16N2O3. The average molecular weight is 212 g/mol. The van der Waals surface area contributed by atoms with Crippen molar-refractivity contribution in [1.82, 2.24) is 9.80 Å². The Bertz CT molecular complexity index is 280. The Morgan fingerprint density at radius 1 is 1.53 bits per heavy atom. The van der Waals surface area contributed by atoms with E-state index >= 15 is 0 Å². The van der Waals surface area contributed by atoms with Crippen LogP contribution in [-0.2, 0) is 14.3 Å². The van der Waals surface area contributed by atoms with Gasteiger partial charge in [-0.05, 0) is 6.42 Å². The van der Waals surface area contributed by atoms with Crippen molar-refractivity contribution in [2.24, 2.45) is 0 Å². The van der Waals surface area contributed by atoms with Gasteiger partial charge in [0.05, 0.1) is 13.7 Å². The summed E-state index contributed by atoms with van der Waals surface area (Å²) in [4.78, 5) is 26.5. The molecule has 2 aliphatic rings. The molecule has 2 heterocycles. The molecule has 0 saturated carbocycles. The number of hydrogen-bond donors (Lipinski definition) is 0. The highest BCUT2D eigenvalue weighted by molar-refractivity contribution is 5.79. The van der Waals surface area contributed by atoms with Crippen molar-refractivity contribution < 1.29 is 14.3 Å². The third-order valence-corrected chi connectivity index (χ3v) is 3.16. The predicted octanol–water partition coefficient (Wildman–Crippen LogP) is -0.534. The molecule has 2 saturated heterocycles. The van der Waals surface area contributed by atoms with Gasteiger partial charge in [0, 0.05) is 32.1 Å². The van der Waals surface area contributed by atoms with Gasteiger partial charge in [-0.1, -0.05) is 0 Å². The number of amides is 1. The van der Waals surface area contributed by atoms with E-state index in [4.69, 9.17) is 0 Å². The van der Waals surface area contributed by atoms with E-state index in [-0.39, 0.29) is 11.9 Å². The highest BCUT2D eigenvalue weighted by Gasteiger charge is 2.35. The Hall–Kier alpha value is -1.10. The topological polar surface area (TPSA) is 49.9 Å². The molecular weight excluding hydrogens is 196 g/mol. The number of esters is 1. The minimum absolute atomic E-state index is 0.201. The first-order valence-corrected chi connectivity index (χ1v) is 5.29. The van der Waals surface area contributed by atoms with Gasteiger partial charge in [-0.2, -0.15) is 0 Å². The Balaban J connectivity index is 1.88. The third-order valence-electron chi connectivity index (χ3n) is 3.16. The number of nitrogens with zero attached hydrogens (tertiary/aromatic N) is 2. The van der Waals surface area contributed by atoms with E-state index in [1.54, 1.807) is 0 Å². The molecule has 0 N–H and O–H groups in total. The van der Waals surface area contributed by atoms with Crippen LogP contribution in [-0.4, -0.2) is 61.0 Å². The summed E-state index contributed by atoms with van der Waals surface area (Å²) < 4.78 is 4.62. The minimum atomic E-state index is -0.201. The molecule has 5 heteroatoms. The molecule has 0 spiro atoms. The fraction of sp³-hybridized carbons (Fsp3) is 0.800. The molecule has 5 nitrogen and oxygen atoms in total. The Labute approximate surface area is 89.0 Å². The molecule has 0 bridgehead atoms. The standard InChI is InChI=1S/C10H16N2O3/c1-15-10(14)7-11-4-5-12-8(6-11)2-3-9(12)13/h8H,2-7H2,1H3. The first-order chi connectivity index (χ1) is 7.20. The number of carbonyl (C=O) groups is 2. The molecule has 2 rings (SSSR count). The molecule has 15 heavy (non-hydrogen) atoms. The van der Waals surface area contributed by atoms with Gasteiger partial charge in [0.1, 0.15) is 0 Å². The van der Waals surface area contributed by atoms with Crippen molar-refractivity contribution in [3.05, 3.63) is 0 Å². The molecule has 1 amide bonds. The van der Waals surface area contributed by atoms with Gasteiger partial charge in [-0.25, -0.2) is 0 Å². The van der Waals surface area contributed by atoms with E-state index in [1.165, 1.54) is 7.11 Å². The summed E-state index contributed by atoms with van der Waals surface area (Å²) in [5.41, 5.74) is 0. The van der Waals surface area contributed by atoms with Crippen LogP contribution in [0.25, 0.3) is 0 Å². The van der Waals surface area contributed by atoms with Crippen LogP contribution in [0.3, 0.4) is 0 Å². The van der Waals surface area contributed by atoms with Gasteiger partial charge >= 0.3 is 5.97 Å². The highest BCUT2D eigenvalue weighted by atomic mass is 16.5. The van der Waals surface area contributed by atoms with Crippen LogP contribution >= 0.6 is 0 Å². The lowest BCUT2D eigenvalue weighted by atomic mass is 10.1. The van der Waals surface area contributed by atoms with Gasteiger partial charge in [-0.15, -0.1) is 0 Å². The third kappa shape index (κ3) is 2.12. The van der Waals surface area contributed by atoms with Crippen LogP contribution in [0.4, 0.5) is 0 Å². The van der Waals surface area contributed by atoms with Crippen molar-refractivity contribution >= 4 is 11.9 Å². The lowest BCUT2D eigenvalue weighted by Crippen LogP contribution is -2.52. The van der Waals surface area contributed by atoms with E-state index in [0.29, 0.717) is 19.0 Å². The minimum Gasteiger partial charge on any atom is -0.468 e. The second kappa shape index (κ2) is 4.18. The van der Waals surface area contributed by atoms with Crippen LogP contribution < -0.4 is 0 Å². The molecule has 0 aromatic heterocycles. The molecule has 0 aromatic rings. The van der Waals surface area contributed by atoms with Crippen molar-refractivity contribution in [3.8, 4) is 0 Å². The second-order valence-electron chi connectivity index (χ2n) is 4.09. The summed E-state index contributed by atoms with van der Waals surface area (Å²) in [5, 5.41) is 0. The lowest BCUT2D eigenvalue weighted by Gasteiger charge is -2.36. The van der Waals surface area contributed by atoms with Gasteiger partial charge in [0.15, 0.2) is 0 Å². The van der Waals surface area contributed by atoms with Crippen LogP contribution in [0.1, 0.15) is 12.8 Å². The number of hydrogen-bond acceptors (Lipinski definition) is 4. The fourth-order valence-corrected chi connectivity index (χ4v) is 2.32. The smallest absolute Gasteiger partial charge is 0.319 e. The summed E-state index contributed by atoms with van der Waals surface area (Å²) >= 11 is 0. The molecule has 1 atom stereocenters. The van der Waals surface area contributed by atoms with Crippen LogP contribution in [0.15, 0.2) is 0 Å². The zero-order chi connectivity index (χ0) is 10.8. The first kappa shape index (κ1) is 10.4. The SMILES string of the molecule is COC(=O)CN1CCN2C(=O)CCC2C1. The molecule has 2 fully saturated rings. The first-order valence-electron chi connectivity index (χ1n) is 5.29. The van der Waals surface area contributed by atoms with Gasteiger partial charge in [0.2, 0.25) is 5.91 Å². The Morgan fingerprint density at radius 3 is 3.07 bits per heavy atom. The quantitative estimate of drug-likeness (QED) is 0.577. The maximum Gasteiger partial charge on any atom is 0.319 e. The van der Waals surface area contributed by atoms with Crippen LogP contribution in [0.5, 0.6) is 0 Å². The van der Waals surface area contributed by atoms with E-state index < -0.39 is 0 Å². The van der Waals surface area contributed by atoms with Crippen molar-refractivity contribution in [3.63, 3.8) is 0 Å². The largest absolute Gasteiger partial charge is 0.468 e. The van der Waals surface area contributed by atoms with Crippen molar-refractivity contribution in [2.45, 2.75) is 18.9 Å². The van der Waals surface area contributed by atoms with E-state index in [2.05, 4.69) is 9.64 Å². The zero-order valence-electron chi connectivity index (χ0n) is 8.94. The number of ether oxygens (including phenoxy) is 1. The second-order valence-corrected chi connectivity index (χ2v) is 4.09. The van der Waals surface area contributed by atoms with Crippen molar-refractivity contribution in [1.29, 1.82) is 0 Å². The highest BCUT2D eigenvalue weighted by Crippen LogP contribution is 2.22. The van der Waals surface area contributed by atoms with E-state index in [1.807, 2.05) is 4.90 Å². The predicted molar refractivity (Wildman–Crippen MR) is 53.2 cm³/mol. The Morgan fingerprint density at radius 2 is 2.33 bits per heavy atom. The van der Waals surface area contributed by atoms with E-state index in [9.17, 15) is 9.59 Å². The summed E-state index contributed by atoms with van der Waals surface area (Å²) in [6.45, 7) is 2.67. The maximum absolute atomic E-state index is 11.4. The van der Waals surface area contributed by atoms with Crippen molar-refractivity contribution in [2.75, 3.05) is 33.3 Å². The Kier molecular flexibility index (Phi) is 2.90. The molecule has 0 aliphatic carbocycles.